The molecule has 0 aliphatic heterocycles. The first-order valence-corrected chi connectivity index (χ1v) is 7.16. The van der Waals surface area contributed by atoms with Gasteiger partial charge >= 0.3 is 0 Å². The minimum Gasteiger partial charge on any atom is -0.493 e. The van der Waals surface area contributed by atoms with Crippen LogP contribution >= 0.6 is 0 Å². The Morgan fingerprint density at radius 3 is 2.67 bits per heavy atom. The van der Waals surface area contributed by atoms with Crippen molar-refractivity contribution in [3.8, 4) is 11.5 Å². The van der Waals surface area contributed by atoms with Crippen molar-refractivity contribution < 1.29 is 9.47 Å². The van der Waals surface area contributed by atoms with Gasteiger partial charge in [-0.15, -0.1) is 0 Å². The van der Waals surface area contributed by atoms with E-state index in [0.717, 1.165) is 41.5 Å². The molecule has 0 aliphatic rings. The maximum atomic E-state index is 5.97. The van der Waals surface area contributed by atoms with Gasteiger partial charge in [0.1, 0.15) is 6.61 Å². The maximum Gasteiger partial charge on any atom is 0.166 e. The zero-order valence-electron chi connectivity index (χ0n) is 12.8. The predicted octanol–water partition coefficient (Wildman–Crippen LogP) is 3.09. The second-order valence-electron chi connectivity index (χ2n) is 4.79. The Kier molecular flexibility index (Phi) is 5.58. The topological polar surface area (TPSA) is 43.4 Å². The molecule has 0 amide bonds. The van der Waals surface area contributed by atoms with Crippen LogP contribution in [0.1, 0.15) is 23.9 Å². The fraction of sp³-hybridized carbons (Fsp3) is 0.353. The second kappa shape index (κ2) is 7.64. The van der Waals surface area contributed by atoms with Crippen molar-refractivity contribution in [1.29, 1.82) is 0 Å². The quantitative estimate of drug-likeness (QED) is 0.849. The van der Waals surface area contributed by atoms with E-state index in [0.29, 0.717) is 6.61 Å². The number of hydrogen-bond acceptors (Lipinski definition) is 4. The summed E-state index contributed by atoms with van der Waals surface area (Å²) in [6, 6.07) is 11.9. The highest BCUT2D eigenvalue weighted by Gasteiger charge is 2.10. The molecule has 1 heterocycles. The minimum absolute atomic E-state index is 0.432. The summed E-state index contributed by atoms with van der Waals surface area (Å²) >= 11 is 0. The fourth-order valence-electron chi connectivity index (χ4n) is 2.11. The van der Waals surface area contributed by atoms with E-state index in [1.165, 1.54) is 0 Å². The molecule has 4 heteroatoms. The van der Waals surface area contributed by atoms with Gasteiger partial charge in [0.05, 0.1) is 12.8 Å². The van der Waals surface area contributed by atoms with Gasteiger partial charge in [-0.05, 0) is 31.7 Å². The van der Waals surface area contributed by atoms with Crippen molar-refractivity contribution >= 4 is 0 Å². The average Bonchev–Trinajstić information content (AvgIpc) is 2.51. The summed E-state index contributed by atoms with van der Waals surface area (Å²) in [7, 11) is 1.66. The monoisotopic (exact) mass is 286 g/mol. The molecule has 1 N–H and O–H groups in total. The third-order valence-corrected chi connectivity index (χ3v) is 3.16. The Hall–Kier alpha value is -2.07. The Morgan fingerprint density at radius 2 is 1.95 bits per heavy atom. The summed E-state index contributed by atoms with van der Waals surface area (Å²) in [5.41, 5.74) is 2.99. The van der Waals surface area contributed by atoms with Crippen LogP contribution in [0, 0.1) is 6.92 Å². The Balaban J connectivity index is 2.16. The number of ether oxygens (including phenoxy) is 2. The first-order valence-electron chi connectivity index (χ1n) is 7.16. The molecule has 2 rings (SSSR count). The van der Waals surface area contributed by atoms with E-state index in [2.05, 4.69) is 17.2 Å². The SMILES string of the molecule is CCNCc1cccc(OC)c1OCc1cccc(C)n1. The van der Waals surface area contributed by atoms with E-state index >= 15 is 0 Å². The molecule has 0 atom stereocenters. The molecular weight excluding hydrogens is 264 g/mol. The van der Waals surface area contributed by atoms with E-state index in [-0.39, 0.29) is 0 Å². The molecule has 0 fully saturated rings. The van der Waals surface area contributed by atoms with Gasteiger partial charge in [-0.2, -0.15) is 0 Å². The van der Waals surface area contributed by atoms with Crippen molar-refractivity contribution in [2.45, 2.75) is 27.0 Å². The number of methoxy groups -OCH3 is 1. The minimum atomic E-state index is 0.432. The lowest BCUT2D eigenvalue weighted by atomic mass is 10.2. The largest absolute Gasteiger partial charge is 0.493 e. The first kappa shape index (κ1) is 15.3. The molecule has 1 aromatic heterocycles. The van der Waals surface area contributed by atoms with Crippen LogP contribution in [-0.4, -0.2) is 18.6 Å². The molecule has 0 unspecified atom stereocenters. The van der Waals surface area contributed by atoms with E-state index in [1.807, 2.05) is 43.3 Å². The zero-order chi connectivity index (χ0) is 15.1. The lowest BCUT2D eigenvalue weighted by Gasteiger charge is -2.15. The van der Waals surface area contributed by atoms with Crippen LogP contribution in [0.5, 0.6) is 11.5 Å². The summed E-state index contributed by atoms with van der Waals surface area (Å²) in [6.07, 6.45) is 0. The van der Waals surface area contributed by atoms with Crippen LogP contribution in [0.15, 0.2) is 36.4 Å². The van der Waals surface area contributed by atoms with Crippen LogP contribution < -0.4 is 14.8 Å². The van der Waals surface area contributed by atoms with Crippen LogP contribution in [0.3, 0.4) is 0 Å². The lowest BCUT2D eigenvalue weighted by Crippen LogP contribution is -2.13. The number of nitrogens with one attached hydrogen (secondary N) is 1. The highest BCUT2D eigenvalue weighted by Crippen LogP contribution is 2.31. The Bertz CT molecular complexity index is 585. The van der Waals surface area contributed by atoms with Crippen LogP contribution in [0.4, 0.5) is 0 Å². The van der Waals surface area contributed by atoms with Gasteiger partial charge in [-0.1, -0.05) is 25.1 Å². The van der Waals surface area contributed by atoms with Gasteiger partial charge in [0, 0.05) is 17.8 Å². The van der Waals surface area contributed by atoms with Crippen LogP contribution in [0.25, 0.3) is 0 Å². The molecule has 0 bridgehead atoms. The van der Waals surface area contributed by atoms with Gasteiger partial charge in [0.15, 0.2) is 11.5 Å². The van der Waals surface area contributed by atoms with Gasteiger partial charge in [0.2, 0.25) is 0 Å². The van der Waals surface area contributed by atoms with E-state index in [9.17, 15) is 0 Å². The highest BCUT2D eigenvalue weighted by molar-refractivity contribution is 5.46. The Morgan fingerprint density at radius 1 is 1.14 bits per heavy atom. The average molecular weight is 286 g/mol. The van der Waals surface area contributed by atoms with E-state index < -0.39 is 0 Å². The molecule has 112 valence electrons. The molecule has 4 nitrogen and oxygen atoms in total. The van der Waals surface area contributed by atoms with Gasteiger partial charge in [-0.25, -0.2) is 0 Å². The van der Waals surface area contributed by atoms with Crippen molar-refractivity contribution in [2.75, 3.05) is 13.7 Å². The number of nitrogens with zero attached hydrogens (tertiary/aromatic N) is 1. The fourth-order valence-corrected chi connectivity index (χ4v) is 2.11. The standard InChI is InChI=1S/C17H22N2O2/c1-4-18-11-14-8-6-10-16(20-3)17(14)21-12-15-9-5-7-13(2)19-15/h5-10,18H,4,11-12H2,1-3H3. The second-order valence-corrected chi connectivity index (χ2v) is 4.79. The highest BCUT2D eigenvalue weighted by atomic mass is 16.5. The third-order valence-electron chi connectivity index (χ3n) is 3.16. The van der Waals surface area contributed by atoms with E-state index in [4.69, 9.17) is 9.47 Å². The molecular formula is C17H22N2O2. The van der Waals surface area contributed by atoms with Crippen molar-refractivity contribution in [1.82, 2.24) is 10.3 Å². The maximum absolute atomic E-state index is 5.97. The lowest BCUT2D eigenvalue weighted by molar-refractivity contribution is 0.277. The smallest absolute Gasteiger partial charge is 0.166 e. The predicted molar refractivity (Wildman–Crippen MR) is 83.7 cm³/mol. The first-order chi connectivity index (χ1) is 10.2. The van der Waals surface area contributed by atoms with Gasteiger partial charge < -0.3 is 14.8 Å². The number of pyridine rings is 1. The Labute approximate surface area is 126 Å². The summed E-state index contributed by atoms with van der Waals surface area (Å²) in [4.78, 5) is 4.45. The number of benzene rings is 1. The molecule has 2 aromatic rings. The number of hydrogen-bond donors (Lipinski definition) is 1. The van der Waals surface area contributed by atoms with Crippen molar-refractivity contribution in [3.05, 3.63) is 53.3 Å². The molecule has 0 saturated heterocycles. The number of para-hydroxylation sites is 1. The normalized spacial score (nSPS) is 10.4. The number of aryl methyl sites for hydroxylation is 1. The van der Waals surface area contributed by atoms with Crippen LogP contribution in [-0.2, 0) is 13.2 Å². The number of rotatable bonds is 7. The van der Waals surface area contributed by atoms with Crippen molar-refractivity contribution in [2.24, 2.45) is 0 Å². The van der Waals surface area contributed by atoms with Crippen LogP contribution in [0.2, 0.25) is 0 Å². The molecule has 0 radical (unpaired) electrons. The summed E-state index contributed by atoms with van der Waals surface area (Å²) < 4.78 is 11.4. The third kappa shape index (κ3) is 4.20. The molecule has 0 aliphatic carbocycles. The van der Waals surface area contributed by atoms with Crippen molar-refractivity contribution in [3.63, 3.8) is 0 Å². The van der Waals surface area contributed by atoms with E-state index in [1.54, 1.807) is 7.11 Å². The molecule has 21 heavy (non-hydrogen) atoms. The van der Waals surface area contributed by atoms with Gasteiger partial charge in [0.25, 0.3) is 0 Å². The summed E-state index contributed by atoms with van der Waals surface area (Å²) in [6.45, 7) is 6.15. The zero-order valence-corrected chi connectivity index (χ0v) is 12.8. The summed E-state index contributed by atoms with van der Waals surface area (Å²) in [5.74, 6) is 1.53. The molecule has 1 aromatic carbocycles. The number of aromatic nitrogens is 1. The summed E-state index contributed by atoms with van der Waals surface area (Å²) in [5, 5.41) is 3.31. The molecule has 0 saturated carbocycles. The van der Waals surface area contributed by atoms with Gasteiger partial charge in [-0.3, -0.25) is 4.98 Å². The molecule has 0 spiro atoms.